The minimum Gasteiger partial charge on any atom is -0.397 e. The quantitative estimate of drug-likeness (QED) is 0.187. The molecule has 0 amide bonds. The normalized spacial score (nSPS) is 11.2. The van der Waals surface area contributed by atoms with Crippen molar-refractivity contribution >= 4 is 92.1 Å². The molecule has 0 aliphatic heterocycles. The van der Waals surface area contributed by atoms with Crippen LogP contribution in [0.1, 0.15) is 11.1 Å². The fraction of sp³-hybridized carbons (Fsp3) is 0.133. The van der Waals surface area contributed by atoms with Crippen molar-refractivity contribution in [3.8, 4) is 0 Å². The van der Waals surface area contributed by atoms with E-state index in [9.17, 15) is 0 Å². The monoisotopic (exact) mass is 564 g/mol. The molecule has 8 heteroatoms. The molecule has 0 bridgehead atoms. The number of rotatable bonds is 2. The Morgan fingerprint density at radius 3 is 2.26 bits per heavy atom. The summed E-state index contributed by atoms with van der Waals surface area (Å²) in [4.78, 5) is 7.89. The maximum absolute atomic E-state index is 6.10. The molecule has 4 nitrogen and oxygen atoms in total. The third kappa shape index (κ3) is 3.06. The van der Waals surface area contributed by atoms with Crippen LogP contribution < -0.4 is 11.1 Å². The lowest BCUT2D eigenvalue weighted by Gasteiger charge is -2.10. The summed E-state index contributed by atoms with van der Waals surface area (Å²) in [6, 6.07) is 3.98. The van der Waals surface area contributed by atoms with E-state index in [-0.39, 0.29) is 0 Å². The highest BCUT2D eigenvalue weighted by molar-refractivity contribution is 9.15. The lowest BCUT2D eigenvalue weighted by atomic mass is 10.1. The Kier molecular flexibility index (Phi) is 4.79. The van der Waals surface area contributed by atoms with E-state index >= 15 is 0 Å². The SMILES string of the molecule is Cc1cc(N)c(Nc2nc3c(Br)c(Br)c(Br)c(Br)c3[nH]2)cc1C. The van der Waals surface area contributed by atoms with Crippen molar-refractivity contribution in [2.45, 2.75) is 13.8 Å². The van der Waals surface area contributed by atoms with Crippen LogP contribution >= 0.6 is 63.7 Å². The van der Waals surface area contributed by atoms with Crippen LogP contribution in [0.4, 0.5) is 17.3 Å². The molecule has 0 saturated carbocycles. The van der Waals surface area contributed by atoms with Gasteiger partial charge in [0, 0.05) is 8.95 Å². The maximum Gasteiger partial charge on any atom is 0.205 e. The highest BCUT2D eigenvalue weighted by Gasteiger charge is 2.17. The third-order valence-corrected chi connectivity index (χ3v) is 8.38. The zero-order chi connectivity index (χ0) is 16.9. The van der Waals surface area contributed by atoms with Crippen molar-refractivity contribution in [1.82, 2.24) is 9.97 Å². The molecule has 23 heavy (non-hydrogen) atoms. The Morgan fingerprint density at radius 2 is 1.57 bits per heavy atom. The van der Waals surface area contributed by atoms with Gasteiger partial charge in [0.1, 0.15) is 5.52 Å². The topological polar surface area (TPSA) is 66.7 Å². The average Bonchev–Trinajstić information content (AvgIpc) is 2.92. The molecule has 0 atom stereocenters. The highest BCUT2D eigenvalue weighted by atomic mass is 79.9. The first-order valence-corrected chi connectivity index (χ1v) is 9.82. The number of aromatic nitrogens is 2. The van der Waals surface area contributed by atoms with Gasteiger partial charge in [0.25, 0.3) is 0 Å². The molecule has 1 aromatic heterocycles. The van der Waals surface area contributed by atoms with E-state index in [2.05, 4.69) is 85.9 Å². The number of anilines is 3. The van der Waals surface area contributed by atoms with Gasteiger partial charge in [0.05, 0.1) is 25.8 Å². The molecule has 0 fully saturated rings. The van der Waals surface area contributed by atoms with E-state index in [0.717, 1.165) is 40.2 Å². The second-order valence-corrected chi connectivity index (χ2v) is 8.39. The molecule has 0 spiro atoms. The largest absolute Gasteiger partial charge is 0.397 e. The molecular formula is C15H12Br4N4. The van der Waals surface area contributed by atoms with Crippen LogP contribution in [0.5, 0.6) is 0 Å². The fourth-order valence-corrected chi connectivity index (χ4v) is 4.52. The van der Waals surface area contributed by atoms with Crippen molar-refractivity contribution in [3.63, 3.8) is 0 Å². The molecule has 120 valence electrons. The molecule has 0 radical (unpaired) electrons. The van der Waals surface area contributed by atoms with Gasteiger partial charge < -0.3 is 16.0 Å². The van der Waals surface area contributed by atoms with E-state index < -0.39 is 0 Å². The number of nitrogens with two attached hydrogens (primary N) is 1. The Balaban J connectivity index is 2.11. The maximum atomic E-state index is 6.10. The molecule has 0 saturated heterocycles. The van der Waals surface area contributed by atoms with Gasteiger partial charge in [-0.15, -0.1) is 0 Å². The fourth-order valence-electron chi connectivity index (χ4n) is 2.23. The lowest BCUT2D eigenvalue weighted by Crippen LogP contribution is -1.99. The number of nitrogen functional groups attached to an aromatic ring is 1. The number of benzene rings is 2. The lowest BCUT2D eigenvalue weighted by molar-refractivity contribution is 1.29. The molecular weight excluding hydrogens is 556 g/mol. The van der Waals surface area contributed by atoms with E-state index in [4.69, 9.17) is 5.73 Å². The smallest absolute Gasteiger partial charge is 0.205 e. The third-order valence-electron chi connectivity index (χ3n) is 3.63. The van der Waals surface area contributed by atoms with Crippen molar-refractivity contribution in [2.75, 3.05) is 11.1 Å². The Morgan fingerprint density at radius 1 is 0.957 bits per heavy atom. The summed E-state index contributed by atoms with van der Waals surface area (Å²) in [5.74, 6) is 0.626. The molecule has 0 aliphatic rings. The predicted molar refractivity (Wildman–Crippen MR) is 111 cm³/mol. The number of hydrogen-bond donors (Lipinski definition) is 3. The van der Waals surface area contributed by atoms with Crippen molar-refractivity contribution < 1.29 is 0 Å². The molecule has 2 aromatic carbocycles. The number of halogens is 4. The number of aryl methyl sites for hydroxylation is 2. The first-order chi connectivity index (χ1) is 10.8. The predicted octanol–water partition coefficient (Wildman–Crippen LogP) is 6.56. The van der Waals surface area contributed by atoms with E-state index in [1.54, 1.807) is 0 Å². The summed E-state index contributed by atoms with van der Waals surface area (Å²) in [5.41, 5.74) is 11.7. The molecule has 3 aromatic rings. The molecule has 1 heterocycles. The van der Waals surface area contributed by atoms with Crippen LogP contribution in [0.2, 0.25) is 0 Å². The minimum atomic E-state index is 0.626. The van der Waals surface area contributed by atoms with Crippen LogP contribution in [0.15, 0.2) is 30.0 Å². The number of imidazole rings is 1. The van der Waals surface area contributed by atoms with Crippen LogP contribution in [0.3, 0.4) is 0 Å². The van der Waals surface area contributed by atoms with Gasteiger partial charge in [0.15, 0.2) is 0 Å². The van der Waals surface area contributed by atoms with Gasteiger partial charge in [-0.2, -0.15) is 0 Å². The minimum absolute atomic E-state index is 0.626. The Hall–Kier alpha value is -0.570. The zero-order valence-electron chi connectivity index (χ0n) is 12.2. The Bertz CT molecular complexity index is 888. The molecule has 4 N–H and O–H groups in total. The summed E-state index contributed by atoms with van der Waals surface area (Å²) in [6.07, 6.45) is 0. The van der Waals surface area contributed by atoms with E-state index in [0.29, 0.717) is 11.6 Å². The number of nitrogens with one attached hydrogen (secondary N) is 2. The summed E-state index contributed by atoms with van der Waals surface area (Å²) in [7, 11) is 0. The summed E-state index contributed by atoms with van der Waals surface area (Å²) in [6.45, 7) is 4.10. The Labute approximate surface area is 167 Å². The van der Waals surface area contributed by atoms with Gasteiger partial charge in [-0.3, -0.25) is 0 Å². The number of hydrogen-bond acceptors (Lipinski definition) is 3. The van der Waals surface area contributed by atoms with Crippen LogP contribution in [-0.2, 0) is 0 Å². The first-order valence-electron chi connectivity index (χ1n) is 6.65. The number of H-pyrrole nitrogens is 1. The van der Waals surface area contributed by atoms with Gasteiger partial charge in [0.2, 0.25) is 5.95 Å². The number of fused-ring (bicyclic) bond motifs is 1. The van der Waals surface area contributed by atoms with Gasteiger partial charge in [-0.05, 0) is 101 Å². The van der Waals surface area contributed by atoms with Crippen LogP contribution in [0, 0.1) is 13.8 Å². The zero-order valence-corrected chi connectivity index (χ0v) is 18.5. The average molecular weight is 568 g/mol. The molecule has 3 rings (SSSR count). The van der Waals surface area contributed by atoms with E-state index in [1.807, 2.05) is 19.1 Å². The van der Waals surface area contributed by atoms with E-state index in [1.165, 1.54) is 5.56 Å². The summed E-state index contributed by atoms with van der Waals surface area (Å²) < 4.78 is 3.59. The second kappa shape index (κ2) is 6.38. The standard InChI is InChI=1S/C15H12Br4N4/c1-5-3-7(20)8(4-6(5)2)21-15-22-13-11(18)9(16)10(17)12(19)14(13)23-15/h3-4H,20H2,1-2H3,(H2,21,22,23). The van der Waals surface area contributed by atoms with Crippen molar-refractivity contribution in [1.29, 1.82) is 0 Å². The first kappa shape index (κ1) is 17.3. The number of aromatic amines is 1. The van der Waals surface area contributed by atoms with Crippen LogP contribution in [-0.4, -0.2) is 9.97 Å². The molecule has 0 aliphatic carbocycles. The van der Waals surface area contributed by atoms with Crippen molar-refractivity contribution in [2.24, 2.45) is 0 Å². The van der Waals surface area contributed by atoms with Crippen LogP contribution in [0.25, 0.3) is 11.0 Å². The van der Waals surface area contributed by atoms with Gasteiger partial charge in [-0.1, -0.05) is 0 Å². The second-order valence-electron chi connectivity index (χ2n) is 5.21. The van der Waals surface area contributed by atoms with Crippen molar-refractivity contribution in [3.05, 3.63) is 41.2 Å². The van der Waals surface area contributed by atoms with Gasteiger partial charge in [-0.25, -0.2) is 4.98 Å². The highest BCUT2D eigenvalue weighted by Crippen LogP contribution is 2.43. The summed E-state index contributed by atoms with van der Waals surface area (Å²) in [5, 5.41) is 3.26. The summed E-state index contributed by atoms with van der Waals surface area (Å²) >= 11 is 14.2. The molecule has 0 unspecified atom stereocenters. The number of nitrogens with zero attached hydrogens (tertiary/aromatic N) is 1. The van der Waals surface area contributed by atoms with Gasteiger partial charge >= 0.3 is 0 Å².